The number of nitrogens with zero attached hydrogens (tertiary/aromatic N) is 3. The van der Waals surface area contributed by atoms with Crippen molar-refractivity contribution < 1.29 is 4.42 Å². The Balaban J connectivity index is 1.18. The predicted octanol–water partition coefficient (Wildman–Crippen LogP) is 12.4. The van der Waals surface area contributed by atoms with Crippen LogP contribution in [0, 0.1) is 0 Å². The Morgan fingerprint density at radius 1 is 0.314 bits per heavy atom. The molecular formula is C47H29N3O. The van der Waals surface area contributed by atoms with Gasteiger partial charge in [0.1, 0.15) is 11.2 Å². The van der Waals surface area contributed by atoms with Gasteiger partial charge in [0.15, 0.2) is 17.5 Å². The third kappa shape index (κ3) is 5.22. The highest BCUT2D eigenvalue weighted by atomic mass is 16.3. The number of aromatic nitrogens is 3. The number of benzene rings is 8. The van der Waals surface area contributed by atoms with E-state index in [9.17, 15) is 0 Å². The SMILES string of the molecule is c1ccc(-c2ccc3cc(-c4nc(-c5ccc6ccccc6c5)nc(-c5cc(-c6ccccc6)c6c(c5)oc5ccccc56)n4)ccc3c2)cc1. The molecule has 4 nitrogen and oxygen atoms in total. The molecule has 0 bridgehead atoms. The van der Waals surface area contributed by atoms with Gasteiger partial charge in [0.05, 0.1) is 0 Å². The van der Waals surface area contributed by atoms with E-state index >= 15 is 0 Å². The van der Waals surface area contributed by atoms with E-state index in [2.05, 4.69) is 152 Å². The summed E-state index contributed by atoms with van der Waals surface area (Å²) in [5, 5.41) is 6.74. The number of furan rings is 1. The van der Waals surface area contributed by atoms with Crippen molar-refractivity contribution in [3.05, 3.63) is 176 Å². The molecule has 51 heavy (non-hydrogen) atoms. The molecule has 10 rings (SSSR count). The molecule has 238 valence electrons. The summed E-state index contributed by atoms with van der Waals surface area (Å²) in [6.45, 7) is 0. The van der Waals surface area contributed by atoms with Crippen LogP contribution in [0.2, 0.25) is 0 Å². The highest BCUT2D eigenvalue weighted by Gasteiger charge is 2.19. The molecule has 0 unspecified atom stereocenters. The third-order valence-electron chi connectivity index (χ3n) is 9.67. The van der Waals surface area contributed by atoms with Crippen molar-refractivity contribution >= 4 is 43.5 Å². The van der Waals surface area contributed by atoms with Crippen molar-refractivity contribution in [2.75, 3.05) is 0 Å². The van der Waals surface area contributed by atoms with E-state index in [1.807, 2.05) is 24.3 Å². The van der Waals surface area contributed by atoms with Crippen molar-refractivity contribution in [1.82, 2.24) is 15.0 Å². The smallest absolute Gasteiger partial charge is 0.164 e. The molecule has 10 aromatic rings. The minimum Gasteiger partial charge on any atom is -0.456 e. The van der Waals surface area contributed by atoms with Gasteiger partial charge in [-0.15, -0.1) is 0 Å². The van der Waals surface area contributed by atoms with Crippen LogP contribution in [-0.4, -0.2) is 15.0 Å². The number of hydrogen-bond donors (Lipinski definition) is 0. The normalized spacial score (nSPS) is 11.5. The summed E-state index contributed by atoms with van der Waals surface area (Å²) in [6.07, 6.45) is 0. The molecular weight excluding hydrogens is 623 g/mol. The highest BCUT2D eigenvalue weighted by molar-refractivity contribution is 6.13. The van der Waals surface area contributed by atoms with E-state index < -0.39 is 0 Å². The molecule has 8 aromatic carbocycles. The lowest BCUT2D eigenvalue weighted by Crippen LogP contribution is -2.00. The molecule has 0 aliphatic rings. The first-order chi connectivity index (χ1) is 25.2. The lowest BCUT2D eigenvalue weighted by Gasteiger charge is -2.12. The molecule has 0 radical (unpaired) electrons. The average Bonchev–Trinajstić information content (AvgIpc) is 3.59. The van der Waals surface area contributed by atoms with Gasteiger partial charge in [-0.3, -0.25) is 0 Å². The van der Waals surface area contributed by atoms with Gasteiger partial charge in [0.25, 0.3) is 0 Å². The summed E-state index contributed by atoms with van der Waals surface area (Å²) in [6, 6.07) is 61.1. The molecule has 0 spiro atoms. The van der Waals surface area contributed by atoms with Crippen LogP contribution < -0.4 is 0 Å². The van der Waals surface area contributed by atoms with E-state index in [0.717, 1.165) is 65.9 Å². The lowest BCUT2D eigenvalue weighted by molar-refractivity contribution is 0.669. The Morgan fingerprint density at radius 2 is 0.824 bits per heavy atom. The fourth-order valence-electron chi connectivity index (χ4n) is 7.12. The van der Waals surface area contributed by atoms with Gasteiger partial charge >= 0.3 is 0 Å². The Bertz CT molecular complexity index is 2910. The second kappa shape index (κ2) is 11.9. The van der Waals surface area contributed by atoms with Gasteiger partial charge in [0, 0.05) is 27.5 Å². The van der Waals surface area contributed by atoms with Crippen molar-refractivity contribution in [3.63, 3.8) is 0 Å². The average molecular weight is 652 g/mol. The van der Waals surface area contributed by atoms with E-state index in [-0.39, 0.29) is 0 Å². The predicted molar refractivity (Wildman–Crippen MR) is 209 cm³/mol. The van der Waals surface area contributed by atoms with Crippen LogP contribution in [0.5, 0.6) is 0 Å². The number of hydrogen-bond acceptors (Lipinski definition) is 4. The molecule has 0 atom stereocenters. The fraction of sp³-hybridized carbons (Fsp3) is 0. The Hall–Kier alpha value is -6.91. The largest absolute Gasteiger partial charge is 0.456 e. The first kappa shape index (κ1) is 29.0. The van der Waals surface area contributed by atoms with Crippen molar-refractivity contribution in [2.24, 2.45) is 0 Å². The first-order valence-electron chi connectivity index (χ1n) is 17.1. The molecule has 4 heteroatoms. The minimum atomic E-state index is 0.585. The van der Waals surface area contributed by atoms with E-state index in [0.29, 0.717) is 17.5 Å². The van der Waals surface area contributed by atoms with E-state index in [1.165, 1.54) is 16.5 Å². The molecule has 2 heterocycles. The highest BCUT2D eigenvalue weighted by Crippen LogP contribution is 2.40. The minimum absolute atomic E-state index is 0.585. The van der Waals surface area contributed by atoms with Gasteiger partial charge in [-0.2, -0.15) is 0 Å². The second-order valence-corrected chi connectivity index (χ2v) is 12.9. The van der Waals surface area contributed by atoms with Gasteiger partial charge in [-0.05, 0) is 80.2 Å². The van der Waals surface area contributed by atoms with Crippen LogP contribution in [0.1, 0.15) is 0 Å². The number of rotatable bonds is 5. The zero-order valence-corrected chi connectivity index (χ0v) is 27.5. The molecule has 0 aliphatic carbocycles. The van der Waals surface area contributed by atoms with Crippen LogP contribution in [-0.2, 0) is 0 Å². The van der Waals surface area contributed by atoms with E-state index in [1.54, 1.807) is 0 Å². The van der Waals surface area contributed by atoms with Gasteiger partial charge in [-0.1, -0.05) is 140 Å². The van der Waals surface area contributed by atoms with Crippen LogP contribution in [0.25, 0.3) is 99.9 Å². The maximum atomic E-state index is 6.47. The van der Waals surface area contributed by atoms with Crippen LogP contribution in [0.3, 0.4) is 0 Å². The van der Waals surface area contributed by atoms with Crippen molar-refractivity contribution in [3.8, 4) is 56.4 Å². The Kier molecular flexibility index (Phi) is 6.78. The Labute approximate surface area is 294 Å². The molecule has 2 aromatic heterocycles. The zero-order valence-electron chi connectivity index (χ0n) is 27.5. The van der Waals surface area contributed by atoms with Gasteiger partial charge < -0.3 is 4.42 Å². The van der Waals surface area contributed by atoms with Gasteiger partial charge in [0.2, 0.25) is 0 Å². The summed E-state index contributed by atoms with van der Waals surface area (Å²) < 4.78 is 6.47. The van der Waals surface area contributed by atoms with Crippen LogP contribution in [0.4, 0.5) is 0 Å². The second-order valence-electron chi connectivity index (χ2n) is 12.9. The van der Waals surface area contributed by atoms with Crippen molar-refractivity contribution in [1.29, 1.82) is 0 Å². The number of fused-ring (bicyclic) bond motifs is 5. The third-order valence-corrected chi connectivity index (χ3v) is 9.67. The number of para-hydroxylation sites is 1. The summed E-state index contributed by atoms with van der Waals surface area (Å²) in [4.78, 5) is 15.4. The maximum absolute atomic E-state index is 6.47. The van der Waals surface area contributed by atoms with Crippen molar-refractivity contribution in [2.45, 2.75) is 0 Å². The molecule has 0 saturated heterocycles. The summed E-state index contributed by atoms with van der Waals surface area (Å²) in [5.41, 5.74) is 8.91. The van der Waals surface area contributed by atoms with Crippen LogP contribution in [0.15, 0.2) is 180 Å². The molecule has 0 aliphatic heterocycles. The maximum Gasteiger partial charge on any atom is 0.164 e. The standard InChI is InChI=1S/C47H29N3O/c1-3-11-30(12-4-1)34-20-21-36-27-38(24-22-35(36)25-34)46-48-45(37-23-19-31-13-7-8-16-33(31)26-37)49-47(50-46)39-28-41(32-14-5-2-6-15-32)44-40-17-9-10-18-42(40)51-43(44)29-39/h1-29H. The zero-order chi connectivity index (χ0) is 33.7. The summed E-state index contributed by atoms with van der Waals surface area (Å²) in [5.74, 6) is 1.82. The van der Waals surface area contributed by atoms with E-state index in [4.69, 9.17) is 19.4 Å². The summed E-state index contributed by atoms with van der Waals surface area (Å²) >= 11 is 0. The molecule has 0 saturated carbocycles. The molecule has 0 fully saturated rings. The monoisotopic (exact) mass is 651 g/mol. The Morgan fingerprint density at radius 3 is 1.53 bits per heavy atom. The lowest BCUT2D eigenvalue weighted by atomic mass is 9.96. The molecule has 0 amide bonds. The summed E-state index contributed by atoms with van der Waals surface area (Å²) in [7, 11) is 0. The quantitative estimate of drug-likeness (QED) is 0.186. The molecule has 0 N–H and O–H groups in total. The first-order valence-corrected chi connectivity index (χ1v) is 17.1. The topological polar surface area (TPSA) is 51.8 Å². The fourth-order valence-corrected chi connectivity index (χ4v) is 7.12. The van der Waals surface area contributed by atoms with Gasteiger partial charge in [-0.25, -0.2) is 15.0 Å². The van der Waals surface area contributed by atoms with Crippen LogP contribution >= 0.6 is 0 Å².